The highest BCUT2D eigenvalue weighted by Gasteiger charge is 2.33. The Hall–Kier alpha value is -0.570. The molecule has 0 spiro atoms. The van der Waals surface area contributed by atoms with E-state index in [1.165, 1.54) is 25.7 Å². The summed E-state index contributed by atoms with van der Waals surface area (Å²) in [6.07, 6.45) is 5.68. The first-order valence-electron chi connectivity index (χ1n) is 5.74. The maximum Gasteiger partial charge on any atom is 0.221 e. The highest BCUT2D eigenvalue weighted by molar-refractivity contribution is 5.75. The van der Waals surface area contributed by atoms with Crippen molar-refractivity contribution in [3.05, 3.63) is 0 Å². The Morgan fingerprint density at radius 2 is 2.07 bits per heavy atom. The fourth-order valence-electron chi connectivity index (χ4n) is 1.99. The Morgan fingerprint density at radius 3 is 2.50 bits per heavy atom. The Kier molecular flexibility index (Phi) is 4.39. The number of hydrogen-bond donors (Lipinski definition) is 2. The van der Waals surface area contributed by atoms with Crippen LogP contribution in [0.4, 0.5) is 0 Å². The summed E-state index contributed by atoms with van der Waals surface area (Å²) in [5.41, 5.74) is 0.368. The maximum atomic E-state index is 11.2. The van der Waals surface area contributed by atoms with Gasteiger partial charge < -0.3 is 10.6 Å². The minimum atomic E-state index is 0.158. The molecule has 2 N–H and O–H groups in total. The summed E-state index contributed by atoms with van der Waals surface area (Å²) in [5, 5.41) is 6.32. The molecule has 1 aliphatic carbocycles. The monoisotopic (exact) mass is 198 g/mol. The third-order valence-corrected chi connectivity index (χ3v) is 3.21. The minimum Gasteiger partial charge on any atom is -0.356 e. The second-order valence-corrected chi connectivity index (χ2v) is 4.12. The SMILES string of the molecule is CCNC(=O)CCNC1(CC)CCC1. The molecule has 1 amide bonds. The van der Waals surface area contributed by atoms with Crippen LogP contribution in [0.15, 0.2) is 0 Å². The summed E-state index contributed by atoms with van der Waals surface area (Å²) in [7, 11) is 0. The van der Waals surface area contributed by atoms with Gasteiger partial charge in [-0.25, -0.2) is 0 Å². The van der Waals surface area contributed by atoms with Crippen LogP contribution >= 0.6 is 0 Å². The molecule has 0 atom stereocenters. The van der Waals surface area contributed by atoms with Gasteiger partial charge >= 0.3 is 0 Å². The molecule has 0 aromatic rings. The number of hydrogen-bond acceptors (Lipinski definition) is 2. The van der Waals surface area contributed by atoms with E-state index in [4.69, 9.17) is 0 Å². The Morgan fingerprint density at radius 1 is 1.36 bits per heavy atom. The minimum absolute atomic E-state index is 0.158. The first kappa shape index (κ1) is 11.5. The third kappa shape index (κ3) is 2.98. The Balaban J connectivity index is 2.11. The first-order valence-corrected chi connectivity index (χ1v) is 5.74. The van der Waals surface area contributed by atoms with Crippen molar-refractivity contribution in [1.29, 1.82) is 0 Å². The molecule has 1 fully saturated rings. The summed E-state index contributed by atoms with van der Waals surface area (Å²) >= 11 is 0. The fourth-order valence-corrected chi connectivity index (χ4v) is 1.99. The topological polar surface area (TPSA) is 41.1 Å². The van der Waals surface area contributed by atoms with E-state index in [0.717, 1.165) is 13.1 Å². The predicted molar refractivity (Wildman–Crippen MR) is 58.2 cm³/mol. The average Bonchev–Trinajstić information content (AvgIpc) is 2.10. The van der Waals surface area contributed by atoms with Crippen LogP contribution in [0.25, 0.3) is 0 Å². The van der Waals surface area contributed by atoms with E-state index in [9.17, 15) is 4.79 Å². The summed E-state index contributed by atoms with van der Waals surface area (Å²) in [6.45, 7) is 5.72. The van der Waals surface area contributed by atoms with Crippen molar-refractivity contribution in [2.24, 2.45) is 0 Å². The lowest BCUT2D eigenvalue weighted by molar-refractivity contribution is -0.121. The van der Waals surface area contributed by atoms with Gasteiger partial charge in [-0.15, -0.1) is 0 Å². The largest absolute Gasteiger partial charge is 0.356 e. The molecular weight excluding hydrogens is 176 g/mol. The fraction of sp³-hybridized carbons (Fsp3) is 0.909. The van der Waals surface area contributed by atoms with Crippen LogP contribution < -0.4 is 10.6 Å². The van der Waals surface area contributed by atoms with Gasteiger partial charge in [0.2, 0.25) is 5.91 Å². The zero-order valence-electron chi connectivity index (χ0n) is 9.36. The van der Waals surface area contributed by atoms with Crippen molar-refractivity contribution in [1.82, 2.24) is 10.6 Å². The predicted octanol–water partition coefficient (Wildman–Crippen LogP) is 1.43. The van der Waals surface area contributed by atoms with E-state index in [1.54, 1.807) is 0 Å². The summed E-state index contributed by atoms with van der Waals surface area (Å²) in [4.78, 5) is 11.2. The zero-order chi connectivity index (χ0) is 10.4. The van der Waals surface area contributed by atoms with Crippen LogP contribution in [0.2, 0.25) is 0 Å². The smallest absolute Gasteiger partial charge is 0.221 e. The molecule has 0 aromatic carbocycles. The van der Waals surface area contributed by atoms with Gasteiger partial charge in [-0.05, 0) is 32.6 Å². The zero-order valence-corrected chi connectivity index (χ0v) is 9.36. The second kappa shape index (κ2) is 5.35. The summed E-state index contributed by atoms with van der Waals surface area (Å²) < 4.78 is 0. The third-order valence-electron chi connectivity index (χ3n) is 3.21. The molecule has 14 heavy (non-hydrogen) atoms. The normalized spacial score (nSPS) is 18.7. The molecule has 0 heterocycles. The molecule has 1 saturated carbocycles. The molecule has 3 heteroatoms. The molecule has 0 radical (unpaired) electrons. The number of carbonyl (C=O) groups excluding carboxylic acids is 1. The van der Waals surface area contributed by atoms with E-state index >= 15 is 0 Å². The van der Waals surface area contributed by atoms with Crippen molar-refractivity contribution < 1.29 is 4.79 Å². The molecular formula is C11H22N2O. The van der Waals surface area contributed by atoms with Crippen molar-refractivity contribution in [2.45, 2.75) is 51.5 Å². The lowest BCUT2D eigenvalue weighted by Crippen LogP contribution is -2.51. The standard InChI is InChI=1S/C11H22N2O/c1-3-11(7-5-8-11)13-9-6-10(14)12-4-2/h13H,3-9H2,1-2H3,(H,12,14). The van der Waals surface area contributed by atoms with Gasteiger partial charge in [-0.3, -0.25) is 4.79 Å². The van der Waals surface area contributed by atoms with E-state index < -0.39 is 0 Å². The number of amides is 1. The van der Waals surface area contributed by atoms with Crippen LogP contribution in [0.3, 0.4) is 0 Å². The first-order chi connectivity index (χ1) is 6.72. The highest BCUT2D eigenvalue weighted by Crippen LogP contribution is 2.34. The van der Waals surface area contributed by atoms with Crippen molar-refractivity contribution >= 4 is 5.91 Å². The number of rotatable bonds is 6. The molecule has 0 bridgehead atoms. The van der Waals surface area contributed by atoms with Gasteiger partial charge in [0.25, 0.3) is 0 Å². The molecule has 1 aliphatic rings. The van der Waals surface area contributed by atoms with E-state index in [1.807, 2.05) is 6.92 Å². The van der Waals surface area contributed by atoms with Gasteiger partial charge in [0.15, 0.2) is 0 Å². The van der Waals surface area contributed by atoms with Crippen LogP contribution in [0.1, 0.15) is 46.0 Å². The van der Waals surface area contributed by atoms with Crippen molar-refractivity contribution in [2.75, 3.05) is 13.1 Å². The molecule has 0 aromatic heterocycles. The maximum absolute atomic E-state index is 11.2. The van der Waals surface area contributed by atoms with Gasteiger partial charge in [-0.2, -0.15) is 0 Å². The average molecular weight is 198 g/mol. The number of nitrogens with one attached hydrogen (secondary N) is 2. The number of carbonyl (C=O) groups is 1. The molecule has 1 rings (SSSR count). The van der Waals surface area contributed by atoms with Gasteiger partial charge in [0.05, 0.1) is 0 Å². The lowest BCUT2D eigenvalue weighted by Gasteiger charge is -2.42. The summed E-state index contributed by atoms with van der Waals surface area (Å²) in [5.74, 6) is 0.158. The van der Waals surface area contributed by atoms with Gasteiger partial charge in [0.1, 0.15) is 0 Å². The van der Waals surface area contributed by atoms with E-state index in [-0.39, 0.29) is 5.91 Å². The quantitative estimate of drug-likeness (QED) is 0.678. The Labute approximate surface area is 86.6 Å². The second-order valence-electron chi connectivity index (χ2n) is 4.12. The van der Waals surface area contributed by atoms with E-state index in [0.29, 0.717) is 12.0 Å². The van der Waals surface area contributed by atoms with Crippen molar-refractivity contribution in [3.63, 3.8) is 0 Å². The Bertz CT molecular complexity index is 182. The molecule has 0 unspecified atom stereocenters. The van der Waals surface area contributed by atoms with Crippen LogP contribution in [-0.2, 0) is 4.79 Å². The highest BCUT2D eigenvalue weighted by atomic mass is 16.1. The van der Waals surface area contributed by atoms with Gasteiger partial charge in [-0.1, -0.05) is 6.92 Å². The molecule has 3 nitrogen and oxygen atoms in total. The van der Waals surface area contributed by atoms with Crippen LogP contribution in [0, 0.1) is 0 Å². The molecule has 82 valence electrons. The molecule has 0 saturated heterocycles. The lowest BCUT2D eigenvalue weighted by atomic mass is 9.75. The van der Waals surface area contributed by atoms with E-state index in [2.05, 4.69) is 17.6 Å². The van der Waals surface area contributed by atoms with Crippen molar-refractivity contribution in [3.8, 4) is 0 Å². The van der Waals surface area contributed by atoms with Gasteiger partial charge in [0, 0.05) is 25.0 Å². The molecule has 0 aliphatic heterocycles. The van der Waals surface area contributed by atoms with Crippen LogP contribution in [-0.4, -0.2) is 24.5 Å². The summed E-state index contributed by atoms with van der Waals surface area (Å²) in [6, 6.07) is 0. The van der Waals surface area contributed by atoms with Crippen LogP contribution in [0.5, 0.6) is 0 Å².